The van der Waals surface area contributed by atoms with E-state index in [1.54, 1.807) is 0 Å². The molecular weight excluding hydrogens is 128 g/mol. The molecule has 0 nitrogen and oxygen atoms in total. The third-order valence-corrected chi connectivity index (χ3v) is 2.95. The molecule has 1 heterocycles. The molecule has 1 fully saturated rings. The van der Waals surface area contributed by atoms with E-state index in [2.05, 4.69) is 17.7 Å². The van der Waals surface area contributed by atoms with Crippen LogP contribution in [0.3, 0.4) is 0 Å². The van der Waals surface area contributed by atoms with Crippen molar-refractivity contribution in [3.05, 3.63) is 0 Å². The Kier molecular flexibility index (Phi) is 3.00. The minimum atomic E-state index is 0.936. The zero-order valence-corrected chi connectivity index (χ0v) is 6.41. The Morgan fingerprint density at radius 1 is 1.67 bits per heavy atom. The van der Waals surface area contributed by atoms with Crippen LogP contribution in [0, 0.1) is 18.3 Å². The Morgan fingerprint density at radius 3 is 3.11 bits per heavy atom. The second-order valence-electron chi connectivity index (χ2n) is 2.47. The van der Waals surface area contributed by atoms with Gasteiger partial charge in [0.15, 0.2) is 0 Å². The fourth-order valence-electron chi connectivity index (χ4n) is 1.10. The minimum Gasteiger partial charge on any atom is -0.162 e. The lowest BCUT2D eigenvalue weighted by molar-refractivity contribution is 0.557. The van der Waals surface area contributed by atoms with Gasteiger partial charge in [-0.2, -0.15) is 11.8 Å². The summed E-state index contributed by atoms with van der Waals surface area (Å²) < 4.78 is 0. The predicted molar refractivity (Wildman–Crippen MR) is 43.5 cm³/mol. The minimum absolute atomic E-state index is 0.936. The molecule has 0 aliphatic carbocycles. The first-order chi connectivity index (χ1) is 4.43. The summed E-state index contributed by atoms with van der Waals surface area (Å²) in [5, 5.41) is 0. The SMILES string of the molecule is C#CCCC1CCSC1. The highest BCUT2D eigenvalue weighted by atomic mass is 32.2. The topological polar surface area (TPSA) is 0 Å². The Bertz CT molecular complexity index is 106. The maximum atomic E-state index is 5.15. The number of thioether (sulfide) groups is 1. The van der Waals surface area contributed by atoms with Crippen LogP contribution in [-0.2, 0) is 0 Å². The van der Waals surface area contributed by atoms with E-state index in [0.717, 1.165) is 12.3 Å². The van der Waals surface area contributed by atoms with Crippen LogP contribution in [0.15, 0.2) is 0 Å². The molecule has 1 rings (SSSR count). The maximum Gasteiger partial charge on any atom is 0.00889 e. The quantitative estimate of drug-likeness (QED) is 0.530. The zero-order valence-electron chi connectivity index (χ0n) is 5.60. The van der Waals surface area contributed by atoms with Gasteiger partial charge in [0.1, 0.15) is 0 Å². The van der Waals surface area contributed by atoms with E-state index < -0.39 is 0 Å². The van der Waals surface area contributed by atoms with Crippen LogP contribution in [0.2, 0.25) is 0 Å². The summed E-state index contributed by atoms with van der Waals surface area (Å²) in [6, 6.07) is 0. The summed E-state index contributed by atoms with van der Waals surface area (Å²) in [6.45, 7) is 0. The van der Waals surface area contributed by atoms with E-state index in [4.69, 9.17) is 6.42 Å². The Balaban J connectivity index is 2.06. The molecule has 0 spiro atoms. The molecule has 0 amide bonds. The molecule has 9 heavy (non-hydrogen) atoms. The van der Waals surface area contributed by atoms with Gasteiger partial charge in [0.2, 0.25) is 0 Å². The van der Waals surface area contributed by atoms with Crippen molar-refractivity contribution in [2.75, 3.05) is 11.5 Å². The molecular formula is C8H12S. The van der Waals surface area contributed by atoms with E-state index in [9.17, 15) is 0 Å². The van der Waals surface area contributed by atoms with E-state index in [1.807, 2.05) is 0 Å². The number of terminal acetylenes is 1. The van der Waals surface area contributed by atoms with Crippen LogP contribution in [-0.4, -0.2) is 11.5 Å². The average Bonchev–Trinajstić information content (AvgIpc) is 2.34. The van der Waals surface area contributed by atoms with Crippen molar-refractivity contribution in [3.8, 4) is 12.3 Å². The van der Waals surface area contributed by atoms with Crippen LogP contribution in [0.4, 0.5) is 0 Å². The molecule has 0 bridgehead atoms. The van der Waals surface area contributed by atoms with Crippen LogP contribution in [0.1, 0.15) is 19.3 Å². The zero-order chi connectivity index (χ0) is 6.53. The van der Waals surface area contributed by atoms with Gasteiger partial charge in [-0.1, -0.05) is 0 Å². The standard InChI is InChI=1S/C8H12S/c1-2-3-4-8-5-6-9-7-8/h1,8H,3-7H2. The summed E-state index contributed by atoms with van der Waals surface area (Å²) >= 11 is 2.06. The molecule has 50 valence electrons. The fraction of sp³-hybridized carbons (Fsp3) is 0.750. The van der Waals surface area contributed by atoms with Crippen molar-refractivity contribution in [2.24, 2.45) is 5.92 Å². The van der Waals surface area contributed by atoms with Crippen LogP contribution in [0.25, 0.3) is 0 Å². The molecule has 1 aliphatic heterocycles. The largest absolute Gasteiger partial charge is 0.162 e. The highest BCUT2D eigenvalue weighted by molar-refractivity contribution is 7.99. The lowest BCUT2D eigenvalue weighted by Gasteiger charge is -2.02. The van der Waals surface area contributed by atoms with Gasteiger partial charge in [0, 0.05) is 6.42 Å². The fourth-order valence-corrected chi connectivity index (χ4v) is 2.43. The van der Waals surface area contributed by atoms with Gasteiger partial charge in [-0.05, 0) is 30.3 Å². The molecule has 0 saturated carbocycles. The second kappa shape index (κ2) is 3.85. The summed E-state index contributed by atoms with van der Waals surface area (Å²) in [6.07, 6.45) is 8.78. The monoisotopic (exact) mass is 140 g/mol. The van der Waals surface area contributed by atoms with E-state index in [1.165, 1.54) is 24.3 Å². The van der Waals surface area contributed by atoms with E-state index in [-0.39, 0.29) is 0 Å². The third-order valence-electron chi connectivity index (χ3n) is 1.72. The molecule has 1 saturated heterocycles. The summed E-state index contributed by atoms with van der Waals surface area (Å²) in [4.78, 5) is 0. The first kappa shape index (κ1) is 7.02. The Labute approximate surface area is 61.4 Å². The van der Waals surface area contributed by atoms with Gasteiger partial charge in [-0.15, -0.1) is 12.3 Å². The first-order valence-corrected chi connectivity index (χ1v) is 4.60. The molecule has 0 aromatic carbocycles. The molecule has 0 radical (unpaired) electrons. The highest BCUT2D eigenvalue weighted by Gasteiger charge is 2.13. The highest BCUT2D eigenvalue weighted by Crippen LogP contribution is 2.26. The summed E-state index contributed by atoms with van der Waals surface area (Å²) in [5.41, 5.74) is 0. The van der Waals surface area contributed by atoms with Crippen LogP contribution >= 0.6 is 11.8 Å². The van der Waals surface area contributed by atoms with Gasteiger partial charge >= 0.3 is 0 Å². The average molecular weight is 140 g/mol. The van der Waals surface area contributed by atoms with Crippen molar-refractivity contribution >= 4 is 11.8 Å². The molecule has 1 atom stereocenters. The number of hydrogen-bond acceptors (Lipinski definition) is 1. The van der Waals surface area contributed by atoms with E-state index >= 15 is 0 Å². The van der Waals surface area contributed by atoms with Gasteiger partial charge in [0.05, 0.1) is 0 Å². The van der Waals surface area contributed by atoms with Crippen LogP contribution in [0.5, 0.6) is 0 Å². The number of rotatable bonds is 2. The molecule has 0 aromatic heterocycles. The van der Waals surface area contributed by atoms with E-state index in [0.29, 0.717) is 0 Å². The smallest absolute Gasteiger partial charge is 0.00889 e. The predicted octanol–water partition coefficient (Wildman–Crippen LogP) is 2.15. The Hall–Kier alpha value is -0.0900. The van der Waals surface area contributed by atoms with Crippen molar-refractivity contribution in [1.29, 1.82) is 0 Å². The molecule has 0 aromatic rings. The lowest BCUT2D eigenvalue weighted by atomic mass is 10.0. The van der Waals surface area contributed by atoms with Gasteiger partial charge in [0.25, 0.3) is 0 Å². The summed E-state index contributed by atoms with van der Waals surface area (Å²) in [7, 11) is 0. The second-order valence-corrected chi connectivity index (χ2v) is 3.62. The Morgan fingerprint density at radius 2 is 2.56 bits per heavy atom. The van der Waals surface area contributed by atoms with Crippen LogP contribution < -0.4 is 0 Å². The van der Waals surface area contributed by atoms with Gasteiger partial charge in [-0.3, -0.25) is 0 Å². The normalized spacial score (nSPS) is 25.9. The van der Waals surface area contributed by atoms with Crippen molar-refractivity contribution in [3.63, 3.8) is 0 Å². The lowest BCUT2D eigenvalue weighted by Crippen LogP contribution is -1.95. The van der Waals surface area contributed by atoms with Gasteiger partial charge < -0.3 is 0 Å². The van der Waals surface area contributed by atoms with Crippen molar-refractivity contribution in [2.45, 2.75) is 19.3 Å². The maximum absolute atomic E-state index is 5.15. The van der Waals surface area contributed by atoms with Crippen molar-refractivity contribution < 1.29 is 0 Å². The van der Waals surface area contributed by atoms with Crippen molar-refractivity contribution in [1.82, 2.24) is 0 Å². The molecule has 1 aliphatic rings. The molecule has 1 unspecified atom stereocenters. The first-order valence-electron chi connectivity index (χ1n) is 3.44. The number of hydrogen-bond donors (Lipinski definition) is 0. The molecule has 1 heteroatoms. The molecule has 0 N–H and O–H groups in total. The summed E-state index contributed by atoms with van der Waals surface area (Å²) in [5.74, 6) is 6.33. The third kappa shape index (κ3) is 2.32. The van der Waals surface area contributed by atoms with Gasteiger partial charge in [-0.25, -0.2) is 0 Å².